The summed E-state index contributed by atoms with van der Waals surface area (Å²) >= 11 is 0. The molecule has 5 amide bonds. The van der Waals surface area contributed by atoms with E-state index in [0.717, 1.165) is 61.5 Å². The molecule has 71 heavy (non-hydrogen) atoms. The number of hydrogen-bond acceptors (Lipinski definition) is 15. The maximum absolute atomic E-state index is 13.6. The molecule has 20 heteroatoms. The number of benzene rings is 3. The number of imide groups is 1. The number of nitrogens with zero attached hydrogens (tertiary/aromatic N) is 8. The van der Waals surface area contributed by atoms with Gasteiger partial charge in [0, 0.05) is 87.6 Å². The number of rotatable bonds is 21. The Morgan fingerprint density at radius 3 is 2.34 bits per heavy atom. The molecule has 6 heterocycles. The van der Waals surface area contributed by atoms with Crippen LogP contribution in [0.2, 0.25) is 0 Å². The first-order valence-electron chi connectivity index (χ1n) is 24.5. The van der Waals surface area contributed by atoms with Crippen molar-refractivity contribution >= 4 is 52.1 Å². The minimum Gasteiger partial charge on any atom is -0.457 e. The fraction of sp³-hybridized carbons (Fsp3) is 0.451. The quantitative estimate of drug-likeness (QED) is 0.0701. The van der Waals surface area contributed by atoms with E-state index in [9.17, 15) is 24.0 Å². The van der Waals surface area contributed by atoms with Crippen LogP contribution in [0.3, 0.4) is 0 Å². The molecule has 3 fully saturated rings. The summed E-state index contributed by atoms with van der Waals surface area (Å²) in [7, 11) is 0. The molecule has 2 atom stereocenters. The molecule has 3 aromatic carbocycles. The van der Waals surface area contributed by atoms with Gasteiger partial charge in [0.25, 0.3) is 5.91 Å². The standard InChI is InChI=1S/C51H61N11O9/c52-48-46-47(35-13-15-38(16-14-35)71-37-8-2-1-3-9-37)57-62(49(46)55-34-54-48)36-7-5-21-60(31-36)44(64)12-6-20-58-22-24-59(25-23-58)45(65)33-70-30-29-69-28-27-68-26-19-53-41-11-4-10-39-40(41)32-61(51(39)67)42-17-18-43(63)56-50(42)66/h1-4,8-11,13-16,34,36,42,53H,5-7,12,17-33H2,(H2,52,54,55)(H,56,63,66)/t36-,42?/m1/s1. The van der Waals surface area contributed by atoms with E-state index < -0.39 is 11.9 Å². The minimum atomic E-state index is -0.661. The van der Waals surface area contributed by atoms with E-state index in [1.807, 2.05) is 75.1 Å². The maximum Gasteiger partial charge on any atom is 0.255 e. The summed E-state index contributed by atoms with van der Waals surface area (Å²) < 4.78 is 24.9. The van der Waals surface area contributed by atoms with Crippen molar-refractivity contribution in [1.29, 1.82) is 0 Å². The van der Waals surface area contributed by atoms with Crippen LogP contribution in [0.1, 0.15) is 60.5 Å². The maximum atomic E-state index is 13.6. The number of aromatic nitrogens is 4. The van der Waals surface area contributed by atoms with Crippen LogP contribution in [-0.4, -0.2) is 167 Å². The summed E-state index contributed by atoms with van der Waals surface area (Å²) in [6, 6.07) is 22.1. The van der Waals surface area contributed by atoms with Gasteiger partial charge in [-0.1, -0.05) is 24.3 Å². The largest absolute Gasteiger partial charge is 0.457 e. The van der Waals surface area contributed by atoms with Gasteiger partial charge in [0.1, 0.15) is 42.0 Å². The molecule has 4 aliphatic rings. The lowest BCUT2D eigenvalue weighted by molar-refractivity contribution is -0.139. The zero-order chi connectivity index (χ0) is 49.1. The van der Waals surface area contributed by atoms with Crippen LogP contribution >= 0.6 is 0 Å². The molecule has 9 rings (SSSR count). The van der Waals surface area contributed by atoms with E-state index in [1.165, 1.54) is 11.2 Å². The summed E-state index contributed by atoms with van der Waals surface area (Å²) in [4.78, 5) is 80.0. The third-order valence-electron chi connectivity index (χ3n) is 13.4. The molecule has 20 nitrogen and oxygen atoms in total. The number of nitrogens with one attached hydrogen (secondary N) is 2. The monoisotopic (exact) mass is 971 g/mol. The molecular weight excluding hydrogens is 911 g/mol. The highest BCUT2D eigenvalue weighted by atomic mass is 16.5. The highest BCUT2D eigenvalue weighted by Gasteiger charge is 2.40. The Morgan fingerprint density at radius 2 is 1.55 bits per heavy atom. The van der Waals surface area contributed by atoms with E-state index in [2.05, 4.69) is 25.5 Å². The van der Waals surface area contributed by atoms with Gasteiger partial charge in [0.2, 0.25) is 23.6 Å². The molecule has 1 unspecified atom stereocenters. The zero-order valence-corrected chi connectivity index (χ0v) is 39.8. The number of ether oxygens (including phenoxy) is 4. The first kappa shape index (κ1) is 49.0. The van der Waals surface area contributed by atoms with Crippen LogP contribution in [-0.2, 0) is 39.9 Å². The lowest BCUT2D eigenvalue weighted by atomic mass is 10.0. The van der Waals surface area contributed by atoms with E-state index in [0.29, 0.717) is 112 Å². The number of piperazine rings is 1. The van der Waals surface area contributed by atoms with Crippen molar-refractivity contribution in [2.24, 2.45) is 0 Å². The van der Waals surface area contributed by atoms with Crippen molar-refractivity contribution < 1.29 is 42.9 Å². The number of amides is 5. The van der Waals surface area contributed by atoms with Gasteiger partial charge in [-0.15, -0.1) is 0 Å². The normalized spacial score (nSPS) is 18.5. The lowest BCUT2D eigenvalue weighted by Gasteiger charge is -2.35. The fourth-order valence-corrected chi connectivity index (χ4v) is 9.67. The highest BCUT2D eigenvalue weighted by molar-refractivity contribution is 6.06. The summed E-state index contributed by atoms with van der Waals surface area (Å²) in [5.74, 6) is 0.922. The molecule has 4 N–H and O–H groups in total. The SMILES string of the molecule is Nc1ncnc2c1c(-c1ccc(Oc3ccccc3)cc1)nn2[C@@H]1CCCN(C(=O)CCCN2CCN(C(=O)COCCOCCOCCNc3cccc4c3CN(C3CCC(=O)NC3=O)C4=O)CC2)C1. The minimum absolute atomic E-state index is 0.00930. The second-order valence-electron chi connectivity index (χ2n) is 18.1. The second kappa shape index (κ2) is 23.3. The van der Waals surface area contributed by atoms with E-state index in [-0.39, 0.29) is 49.3 Å². The first-order chi connectivity index (χ1) is 34.7. The van der Waals surface area contributed by atoms with Crippen molar-refractivity contribution in [1.82, 2.24) is 44.7 Å². The number of piperidine rings is 2. The summed E-state index contributed by atoms with van der Waals surface area (Å²) in [5, 5.41) is 11.4. The zero-order valence-electron chi connectivity index (χ0n) is 39.8. The second-order valence-corrected chi connectivity index (χ2v) is 18.1. The van der Waals surface area contributed by atoms with E-state index in [1.54, 1.807) is 12.1 Å². The third-order valence-corrected chi connectivity index (χ3v) is 13.4. The number of anilines is 2. The molecule has 0 spiro atoms. The van der Waals surface area contributed by atoms with Gasteiger partial charge in [0.15, 0.2) is 5.65 Å². The van der Waals surface area contributed by atoms with Gasteiger partial charge in [-0.2, -0.15) is 5.10 Å². The molecular formula is C51H61N11O9. The highest BCUT2D eigenvalue weighted by Crippen LogP contribution is 2.36. The number of hydrogen-bond donors (Lipinski definition) is 3. The van der Waals surface area contributed by atoms with Crippen molar-refractivity contribution in [2.75, 3.05) is 103 Å². The molecule has 4 aliphatic heterocycles. The van der Waals surface area contributed by atoms with Crippen molar-refractivity contribution in [3.63, 3.8) is 0 Å². The molecule has 5 aromatic rings. The van der Waals surface area contributed by atoms with Gasteiger partial charge in [-0.3, -0.25) is 34.2 Å². The Morgan fingerprint density at radius 1 is 0.789 bits per heavy atom. The van der Waals surface area contributed by atoms with E-state index >= 15 is 0 Å². The topological polar surface area (TPSA) is 229 Å². The number of likely N-dealkylation sites (tertiary alicyclic amines) is 1. The number of carbonyl (C=O) groups is 5. The Kier molecular flexibility index (Phi) is 16.1. The Bertz CT molecular complexity index is 2680. The predicted molar refractivity (Wildman–Crippen MR) is 262 cm³/mol. The first-order valence-corrected chi connectivity index (χ1v) is 24.5. The Balaban J connectivity index is 0.623. The van der Waals surface area contributed by atoms with Crippen LogP contribution < -0.4 is 21.1 Å². The molecule has 3 saturated heterocycles. The van der Waals surface area contributed by atoms with Crippen LogP contribution in [0.25, 0.3) is 22.3 Å². The number of fused-ring (bicyclic) bond motifs is 2. The van der Waals surface area contributed by atoms with Gasteiger partial charge in [-0.25, -0.2) is 14.6 Å². The molecule has 0 aliphatic carbocycles. The smallest absolute Gasteiger partial charge is 0.255 e. The van der Waals surface area contributed by atoms with E-state index in [4.69, 9.17) is 29.8 Å². The molecule has 0 radical (unpaired) electrons. The molecule has 0 saturated carbocycles. The number of para-hydroxylation sites is 1. The van der Waals surface area contributed by atoms with Crippen LogP contribution in [0.5, 0.6) is 11.5 Å². The van der Waals surface area contributed by atoms with Crippen LogP contribution in [0, 0.1) is 0 Å². The number of nitrogen functional groups attached to an aromatic ring is 1. The van der Waals surface area contributed by atoms with Crippen molar-refractivity contribution in [3.8, 4) is 22.8 Å². The summed E-state index contributed by atoms with van der Waals surface area (Å²) in [6.45, 7) is 7.30. The average Bonchev–Trinajstić information content (AvgIpc) is 3.95. The summed E-state index contributed by atoms with van der Waals surface area (Å²) in [6.07, 6.45) is 4.86. The number of carbonyl (C=O) groups excluding carboxylic acids is 5. The van der Waals surface area contributed by atoms with Crippen molar-refractivity contribution in [3.05, 3.63) is 90.3 Å². The Labute approximate surface area is 411 Å². The van der Waals surface area contributed by atoms with Crippen molar-refractivity contribution in [2.45, 2.75) is 57.2 Å². The number of nitrogens with two attached hydrogens (primary N) is 1. The van der Waals surface area contributed by atoms with Gasteiger partial charge in [-0.05, 0) is 80.8 Å². The third kappa shape index (κ3) is 12.0. The lowest BCUT2D eigenvalue weighted by Crippen LogP contribution is -2.52. The van der Waals surface area contributed by atoms with Gasteiger partial charge < -0.3 is 44.7 Å². The van der Waals surface area contributed by atoms with Gasteiger partial charge >= 0.3 is 0 Å². The summed E-state index contributed by atoms with van der Waals surface area (Å²) in [5.41, 5.74) is 10.8. The molecule has 0 bridgehead atoms. The average molecular weight is 972 g/mol. The Hall–Kier alpha value is -7.00. The predicted octanol–water partition coefficient (Wildman–Crippen LogP) is 3.88. The van der Waals surface area contributed by atoms with Crippen LogP contribution in [0.4, 0.5) is 11.5 Å². The molecule has 374 valence electrons. The fourth-order valence-electron chi connectivity index (χ4n) is 9.67. The van der Waals surface area contributed by atoms with Gasteiger partial charge in [0.05, 0.1) is 44.5 Å². The van der Waals surface area contributed by atoms with Crippen LogP contribution in [0.15, 0.2) is 79.1 Å². The molecule has 2 aromatic heterocycles.